The summed E-state index contributed by atoms with van der Waals surface area (Å²) in [6.45, 7) is 5.17. The Hall–Kier alpha value is -1.82. The molecule has 1 unspecified atom stereocenters. The van der Waals surface area contributed by atoms with Crippen molar-refractivity contribution in [1.82, 2.24) is 5.32 Å². The maximum absolute atomic E-state index is 13.8. The lowest BCUT2D eigenvalue weighted by Crippen LogP contribution is -2.41. The van der Waals surface area contributed by atoms with Crippen LogP contribution in [0.4, 0.5) is 14.9 Å². The molecule has 1 amide bonds. The van der Waals surface area contributed by atoms with E-state index in [1.807, 2.05) is 0 Å². The van der Waals surface area contributed by atoms with Gasteiger partial charge >= 0.3 is 6.09 Å². The minimum atomic E-state index is -0.883. The van der Waals surface area contributed by atoms with Crippen molar-refractivity contribution in [2.24, 2.45) is 0 Å². The molecule has 0 heterocycles. The summed E-state index contributed by atoms with van der Waals surface area (Å²) < 4.78 is 19.0. The lowest BCUT2D eigenvalue weighted by atomic mass is 10.1. The van der Waals surface area contributed by atoms with Crippen molar-refractivity contribution < 1.29 is 19.0 Å². The number of nitrogens with one attached hydrogen (secondary N) is 1. The Morgan fingerprint density at radius 2 is 2.15 bits per heavy atom. The van der Waals surface area contributed by atoms with Crippen LogP contribution in [-0.2, 0) is 4.74 Å². The number of nitrogens with two attached hydrogens (primary N) is 1. The predicted octanol–water partition coefficient (Wildman–Crippen LogP) is 2.36. The second-order valence-electron chi connectivity index (χ2n) is 5.56. The fourth-order valence-electron chi connectivity index (χ4n) is 1.67. The van der Waals surface area contributed by atoms with Crippen LogP contribution >= 0.6 is 0 Å². The standard InChI is InChI=1S/C14H21FN2O3/c1-14(2,3)17-13(19)20-12(6-7-18)10-8-9(16)4-5-11(10)15/h4-5,8,12,18H,6-7,16H2,1-3H3,(H,17,19). The molecule has 0 aliphatic carbocycles. The highest BCUT2D eigenvalue weighted by Crippen LogP contribution is 2.26. The van der Waals surface area contributed by atoms with E-state index >= 15 is 0 Å². The summed E-state index contributed by atoms with van der Waals surface area (Å²) in [5.74, 6) is -0.527. The number of carbonyl (C=O) groups is 1. The lowest BCUT2D eigenvalue weighted by molar-refractivity contribution is 0.0731. The molecule has 1 atom stereocenters. The number of halogens is 1. The van der Waals surface area contributed by atoms with Gasteiger partial charge in [0, 0.05) is 29.8 Å². The van der Waals surface area contributed by atoms with Crippen LogP contribution in [-0.4, -0.2) is 23.3 Å². The molecule has 0 saturated carbocycles. The third kappa shape index (κ3) is 5.05. The van der Waals surface area contributed by atoms with E-state index in [4.69, 9.17) is 15.6 Å². The van der Waals surface area contributed by atoms with E-state index in [-0.39, 0.29) is 18.6 Å². The molecule has 0 spiro atoms. The van der Waals surface area contributed by atoms with Gasteiger partial charge in [0.25, 0.3) is 0 Å². The SMILES string of the molecule is CC(C)(C)NC(=O)OC(CCO)c1cc(N)ccc1F. The predicted molar refractivity (Wildman–Crippen MR) is 74.6 cm³/mol. The van der Waals surface area contributed by atoms with Crippen LogP contribution < -0.4 is 11.1 Å². The fourth-order valence-corrected chi connectivity index (χ4v) is 1.67. The average Bonchev–Trinajstić information content (AvgIpc) is 2.29. The second-order valence-corrected chi connectivity index (χ2v) is 5.56. The molecule has 1 aromatic rings. The maximum atomic E-state index is 13.8. The van der Waals surface area contributed by atoms with Gasteiger partial charge in [0.1, 0.15) is 11.9 Å². The van der Waals surface area contributed by atoms with Crippen molar-refractivity contribution in [3.63, 3.8) is 0 Å². The van der Waals surface area contributed by atoms with Crippen molar-refractivity contribution in [3.05, 3.63) is 29.6 Å². The molecule has 6 heteroatoms. The van der Waals surface area contributed by atoms with E-state index in [1.54, 1.807) is 20.8 Å². The van der Waals surface area contributed by atoms with Crippen molar-refractivity contribution in [2.75, 3.05) is 12.3 Å². The molecule has 0 fully saturated rings. The largest absolute Gasteiger partial charge is 0.441 e. The monoisotopic (exact) mass is 284 g/mol. The Morgan fingerprint density at radius 1 is 1.50 bits per heavy atom. The molecule has 0 bridgehead atoms. The highest BCUT2D eigenvalue weighted by atomic mass is 19.1. The van der Waals surface area contributed by atoms with E-state index in [0.717, 1.165) is 0 Å². The second kappa shape index (κ2) is 6.56. The number of carbonyl (C=O) groups excluding carboxylic acids is 1. The number of aliphatic hydroxyl groups is 1. The minimum absolute atomic E-state index is 0.0952. The number of anilines is 1. The third-order valence-electron chi connectivity index (χ3n) is 2.48. The van der Waals surface area contributed by atoms with Crippen LogP contribution in [0.3, 0.4) is 0 Å². The van der Waals surface area contributed by atoms with E-state index in [2.05, 4.69) is 5.32 Å². The van der Waals surface area contributed by atoms with Crippen LogP contribution in [0.1, 0.15) is 38.9 Å². The van der Waals surface area contributed by atoms with Crippen molar-refractivity contribution in [3.8, 4) is 0 Å². The summed E-state index contributed by atoms with van der Waals surface area (Å²) in [5.41, 5.74) is 5.67. The van der Waals surface area contributed by atoms with Gasteiger partial charge in [0.2, 0.25) is 0 Å². The molecule has 0 saturated heterocycles. The smallest absolute Gasteiger partial charge is 0.408 e. The van der Waals surface area contributed by atoms with Gasteiger partial charge < -0.3 is 20.9 Å². The van der Waals surface area contributed by atoms with Gasteiger partial charge in [-0.1, -0.05) is 0 Å². The molecular weight excluding hydrogens is 263 g/mol. The van der Waals surface area contributed by atoms with Crippen LogP contribution in [0, 0.1) is 5.82 Å². The number of aliphatic hydroxyl groups excluding tert-OH is 1. The zero-order chi connectivity index (χ0) is 15.3. The van der Waals surface area contributed by atoms with E-state index in [9.17, 15) is 9.18 Å². The summed E-state index contributed by atoms with van der Waals surface area (Å²) in [6.07, 6.45) is -1.46. The molecule has 0 radical (unpaired) electrons. The Kier molecular flexibility index (Phi) is 5.33. The van der Waals surface area contributed by atoms with Gasteiger partial charge in [0.05, 0.1) is 0 Å². The number of alkyl carbamates (subject to hydrolysis) is 1. The molecule has 4 N–H and O–H groups in total. The molecule has 1 aromatic carbocycles. The van der Waals surface area contributed by atoms with Gasteiger partial charge in [-0.2, -0.15) is 0 Å². The van der Waals surface area contributed by atoms with Crippen molar-refractivity contribution >= 4 is 11.8 Å². The average molecular weight is 284 g/mol. The molecule has 0 aromatic heterocycles. The number of nitrogen functional groups attached to an aromatic ring is 1. The number of benzene rings is 1. The number of ether oxygens (including phenoxy) is 1. The van der Waals surface area contributed by atoms with E-state index in [0.29, 0.717) is 5.69 Å². The molecular formula is C14H21FN2O3. The number of rotatable bonds is 4. The van der Waals surface area contributed by atoms with Crippen molar-refractivity contribution in [1.29, 1.82) is 0 Å². The van der Waals surface area contributed by atoms with E-state index in [1.165, 1.54) is 18.2 Å². The first-order chi connectivity index (χ1) is 9.23. The Balaban J connectivity index is 2.89. The zero-order valence-corrected chi connectivity index (χ0v) is 11.9. The molecule has 5 nitrogen and oxygen atoms in total. The van der Waals surface area contributed by atoms with Gasteiger partial charge in [-0.3, -0.25) is 0 Å². The fraction of sp³-hybridized carbons (Fsp3) is 0.500. The summed E-state index contributed by atoms with van der Waals surface area (Å²) in [7, 11) is 0. The summed E-state index contributed by atoms with van der Waals surface area (Å²) in [4.78, 5) is 11.7. The highest BCUT2D eigenvalue weighted by Gasteiger charge is 2.22. The number of amides is 1. The molecule has 1 rings (SSSR count). The van der Waals surface area contributed by atoms with Crippen LogP contribution in [0.5, 0.6) is 0 Å². The van der Waals surface area contributed by atoms with Crippen molar-refractivity contribution in [2.45, 2.75) is 38.8 Å². The summed E-state index contributed by atoms with van der Waals surface area (Å²) in [5, 5.41) is 11.7. The van der Waals surface area contributed by atoms with Crippen LogP contribution in [0.2, 0.25) is 0 Å². The highest BCUT2D eigenvalue weighted by molar-refractivity contribution is 5.68. The van der Waals surface area contributed by atoms with Gasteiger partial charge in [-0.05, 0) is 39.0 Å². The Labute approximate surface area is 117 Å². The summed E-state index contributed by atoms with van der Waals surface area (Å²) >= 11 is 0. The maximum Gasteiger partial charge on any atom is 0.408 e. The quantitative estimate of drug-likeness (QED) is 0.741. The Morgan fingerprint density at radius 3 is 2.70 bits per heavy atom. The van der Waals surface area contributed by atoms with Gasteiger partial charge in [-0.25, -0.2) is 9.18 Å². The van der Waals surface area contributed by atoms with E-state index < -0.39 is 23.6 Å². The first kappa shape index (κ1) is 16.2. The van der Waals surface area contributed by atoms with Gasteiger partial charge in [-0.15, -0.1) is 0 Å². The minimum Gasteiger partial charge on any atom is -0.441 e. The number of hydrogen-bond donors (Lipinski definition) is 3. The number of hydrogen-bond acceptors (Lipinski definition) is 4. The Bertz CT molecular complexity index is 472. The first-order valence-electron chi connectivity index (χ1n) is 6.37. The molecule has 20 heavy (non-hydrogen) atoms. The first-order valence-corrected chi connectivity index (χ1v) is 6.37. The summed E-state index contributed by atoms with van der Waals surface area (Å²) in [6, 6.07) is 4.03. The topological polar surface area (TPSA) is 84.6 Å². The lowest BCUT2D eigenvalue weighted by Gasteiger charge is -2.24. The molecule has 0 aliphatic rings. The normalized spacial score (nSPS) is 12.8. The van der Waals surface area contributed by atoms with Gasteiger partial charge in [0.15, 0.2) is 0 Å². The zero-order valence-electron chi connectivity index (χ0n) is 11.9. The third-order valence-corrected chi connectivity index (χ3v) is 2.48. The van der Waals surface area contributed by atoms with Crippen LogP contribution in [0.15, 0.2) is 18.2 Å². The molecule has 112 valence electrons. The van der Waals surface area contributed by atoms with Crippen LogP contribution in [0.25, 0.3) is 0 Å². The molecule has 0 aliphatic heterocycles.